The van der Waals surface area contributed by atoms with E-state index in [0.29, 0.717) is 30.6 Å². The first-order valence-corrected chi connectivity index (χ1v) is 11.3. The minimum absolute atomic E-state index is 0.000142. The average molecular weight is 478 g/mol. The number of nitrogens with zero attached hydrogens (tertiary/aromatic N) is 3. The Morgan fingerprint density at radius 2 is 1.77 bits per heavy atom. The number of nitrogens with two attached hydrogens (primary N) is 1. The number of pyridine rings is 3. The van der Waals surface area contributed by atoms with E-state index < -0.39 is 22.7 Å². The van der Waals surface area contributed by atoms with Gasteiger partial charge in [0.05, 0.1) is 36.0 Å². The fourth-order valence-electron chi connectivity index (χ4n) is 4.12. The normalized spacial score (nSPS) is 18.5. The van der Waals surface area contributed by atoms with Crippen molar-refractivity contribution in [2.75, 3.05) is 18.5 Å². The number of aromatic nitrogens is 3. The summed E-state index contributed by atoms with van der Waals surface area (Å²) in [6, 6.07) is 3.44. The highest BCUT2D eigenvalue weighted by Crippen LogP contribution is 2.36. The van der Waals surface area contributed by atoms with Gasteiger partial charge >= 0.3 is 5.97 Å². The summed E-state index contributed by atoms with van der Waals surface area (Å²) in [5.74, 6) is 0.0217. The van der Waals surface area contributed by atoms with E-state index in [4.69, 9.17) is 19.9 Å². The fourth-order valence-corrected chi connectivity index (χ4v) is 4.12. The van der Waals surface area contributed by atoms with Crippen molar-refractivity contribution in [2.24, 2.45) is 5.73 Å². The number of Topliss-reactive ketones (excluding diaryl/α,β-unsaturated/α-hetero) is 1. The predicted molar refractivity (Wildman–Crippen MR) is 128 cm³/mol. The van der Waals surface area contributed by atoms with Gasteiger partial charge in [-0.3, -0.25) is 4.79 Å². The van der Waals surface area contributed by atoms with Crippen LogP contribution < -0.4 is 15.8 Å². The van der Waals surface area contributed by atoms with Gasteiger partial charge in [0.25, 0.3) is 0 Å². The van der Waals surface area contributed by atoms with E-state index in [1.54, 1.807) is 32.3 Å². The number of carbonyl (C=O) groups is 2. The second kappa shape index (κ2) is 7.69. The van der Waals surface area contributed by atoms with Crippen molar-refractivity contribution in [1.29, 1.82) is 0 Å². The predicted octanol–water partition coefficient (Wildman–Crippen LogP) is 3.26. The van der Waals surface area contributed by atoms with E-state index in [-0.39, 0.29) is 17.0 Å². The summed E-state index contributed by atoms with van der Waals surface area (Å²) in [6.45, 7) is 9.86. The summed E-state index contributed by atoms with van der Waals surface area (Å²) in [4.78, 5) is 38.2. The van der Waals surface area contributed by atoms with Crippen LogP contribution in [0.1, 0.15) is 61.0 Å². The molecule has 0 aliphatic carbocycles. The number of hydrogen-bond acceptors (Lipinski definition) is 10. The Morgan fingerprint density at radius 3 is 2.43 bits per heavy atom. The summed E-state index contributed by atoms with van der Waals surface area (Å²) in [7, 11) is 0. The van der Waals surface area contributed by atoms with Crippen molar-refractivity contribution in [2.45, 2.75) is 51.4 Å². The lowest BCUT2D eigenvalue weighted by Crippen LogP contribution is -2.51. The molecule has 0 radical (unpaired) electrons. The molecule has 1 saturated heterocycles. The number of ketones is 1. The molecule has 2 aliphatic heterocycles. The fraction of sp³-hybridized carbons (Fsp3) is 0.400. The number of nitrogens with one attached hydrogen (secondary N) is 1. The van der Waals surface area contributed by atoms with Gasteiger partial charge in [0.1, 0.15) is 5.82 Å². The third-order valence-corrected chi connectivity index (χ3v) is 6.08. The largest absolute Gasteiger partial charge is 0.466 e. The van der Waals surface area contributed by atoms with E-state index in [0.717, 1.165) is 16.3 Å². The second-order valence-electron chi connectivity index (χ2n) is 10.3. The maximum absolute atomic E-state index is 12.8. The standard InChI is InChI=1S/C25H27N5O5/c1-23(2,26)17-10-29-21(34-25(5)11-33-12-25)16-9-27-18(7-14(16)17)30-13-6-15-19(28-8-13)22(32)35-24(3,4)20(15)31/h6-10H,11-12,26H2,1-5H3,(H,27,30). The van der Waals surface area contributed by atoms with Crippen LogP contribution in [0.25, 0.3) is 10.8 Å². The zero-order valence-electron chi connectivity index (χ0n) is 20.3. The quantitative estimate of drug-likeness (QED) is 0.526. The van der Waals surface area contributed by atoms with Crippen LogP contribution in [0, 0.1) is 0 Å². The summed E-state index contributed by atoms with van der Waals surface area (Å²) < 4.78 is 16.6. The number of anilines is 2. The van der Waals surface area contributed by atoms with Crippen LogP contribution in [-0.2, 0) is 15.0 Å². The van der Waals surface area contributed by atoms with E-state index in [2.05, 4.69) is 20.3 Å². The van der Waals surface area contributed by atoms with Gasteiger partial charge in [-0.05, 0) is 57.7 Å². The molecule has 0 saturated carbocycles. The Kier molecular flexibility index (Phi) is 5.08. The molecule has 182 valence electrons. The van der Waals surface area contributed by atoms with Gasteiger partial charge in [0, 0.05) is 17.9 Å². The van der Waals surface area contributed by atoms with E-state index in [1.165, 1.54) is 6.20 Å². The van der Waals surface area contributed by atoms with Crippen LogP contribution in [0.3, 0.4) is 0 Å². The van der Waals surface area contributed by atoms with E-state index in [9.17, 15) is 9.59 Å². The minimum Gasteiger partial charge on any atom is -0.466 e. The molecule has 0 aromatic carbocycles. The number of cyclic esters (lactones) is 1. The highest BCUT2D eigenvalue weighted by atomic mass is 16.6. The van der Waals surface area contributed by atoms with Crippen LogP contribution in [0.5, 0.6) is 5.88 Å². The lowest BCUT2D eigenvalue weighted by Gasteiger charge is -2.38. The maximum atomic E-state index is 12.8. The van der Waals surface area contributed by atoms with Gasteiger partial charge in [0.2, 0.25) is 11.7 Å². The molecule has 2 aliphatic rings. The number of ether oxygens (including phenoxy) is 3. The molecule has 5 rings (SSSR count). The zero-order valence-corrected chi connectivity index (χ0v) is 20.3. The third kappa shape index (κ3) is 4.08. The number of hydrogen-bond donors (Lipinski definition) is 2. The molecule has 0 bridgehead atoms. The Labute approximate surface area is 202 Å². The maximum Gasteiger partial charge on any atom is 0.358 e. The van der Waals surface area contributed by atoms with Crippen molar-refractivity contribution >= 4 is 34.0 Å². The topological polar surface area (TPSA) is 139 Å². The Bertz CT molecular complexity index is 1370. The molecule has 5 heterocycles. The molecule has 0 amide bonds. The molecular formula is C25H27N5O5. The van der Waals surface area contributed by atoms with Crippen LogP contribution in [-0.4, -0.2) is 51.1 Å². The van der Waals surface area contributed by atoms with Crippen molar-refractivity contribution < 1.29 is 23.8 Å². The zero-order chi connectivity index (χ0) is 25.2. The first-order chi connectivity index (χ1) is 16.4. The van der Waals surface area contributed by atoms with Gasteiger partial charge < -0.3 is 25.3 Å². The molecule has 3 aromatic rings. The Hall–Kier alpha value is -3.63. The third-order valence-electron chi connectivity index (χ3n) is 6.08. The SMILES string of the molecule is CC1(Oc2ncc(C(C)(C)N)c3cc(Nc4cnc5c(c4)C(=O)C(C)(C)OC5=O)ncc23)COC1. The van der Waals surface area contributed by atoms with Crippen molar-refractivity contribution in [3.63, 3.8) is 0 Å². The molecule has 10 nitrogen and oxygen atoms in total. The monoisotopic (exact) mass is 477 g/mol. The number of rotatable bonds is 5. The smallest absolute Gasteiger partial charge is 0.358 e. The van der Waals surface area contributed by atoms with Crippen LogP contribution in [0.4, 0.5) is 11.5 Å². The first-order valence-electron chi connectivity index (χ1n) is 11.3. The second-order valence-corrected chi connectivity index (χ2v) is 10.3. The lowest BCUT2D eigenvalue weighted by atomic mass is 9.92. The van der Waals surface area contributed by atoms with Gasteiger partial charge in [-0.1, -0.05) is 0 Å². The molecule has 35 heavy (non-hydrogen) atoms. The number of esters is 1. The Morgan fingerprint density at radius 1 is 1.03 bits per heavy atom. The average Bonchev–Trinajstić information content (AvgIpc) is 2.75. The summed E-state index contributed by atoms with van der Waals surface area (Å²) in [5.41, 5.74) is 5.61. The van der Waals surface area contributed by atoms with Gasteiger partial charge in [0.15, 0.2) is 16.9 Å². The lowest BCUT2D eigenvalue weighted by molar-refractivity contribution is -0.150. The molecule has 3 aromatic heterocycles. The summed E-state index contributed by atoms with van der Waals surface area (Å²) >= 11 is 0. The van der Waals surface area contributed by atoms with E-state index in [1.807, 2.05) is 26.8 Å². The van der Waals surface area contributed by atoms with Crippen LogP contribution in [0.15, 0.2) is 30.7 Å². The number of fused-ring (bicyclic) bond motifs is 2. The molecular weight excluding hydrogens is 450 g/mol. The molecule has 10 heteroatoms. The molecule has 0 atom stereocenters. The van der Waals surface area contributed by atoms with Gasteiger partial charge in [-0.2, -0.15) is 0 Å². The Balaban J connectivity index is 1.54. The van der Waals surface area contributed by atoms with Crippen LogP contribution >= 0.6 is 0 Å². The van der Waals surface area contributed by atoms with Crippen molar-refractivity contribution in [3.05, 3.63) is 47.5 Å². The van der Waals surface area contributed by atoms with Crippen molar-refractivity contribution in [3.8, 4) is 5.88 Å². The summed E-state index contributed by atoms with van der Waals surface area (Å²) in [5, 5.41) is 4.73. The van der Waals surface area contributed by atoms with E-state index >= 15 is 0 Å². The van der Waals surface area contributed by atoms with Crippen molar-refractivity contribution in [1.82, 2.24) is 15.0 Å². The molecule has 1 fully saturated rings. The number of carbonyl (C=O) groups excluding carboxylic acids is 2. The summed E-state index contributed by atoms with van der Waals surface area (Å²) in [6.07, 6.45) is 4.86. The first kappa shape index (κ1) is 23.1. The molecule has 0 unspecified atom stereocenters. The minimum atomic E-state index is -1.25. The van der Waals surface area contributed by atoms with Gasteiger partial charge in [-0.25, -0.2) is 19.7 Å². The van der Waals surface area contributed by atoms with Gasteiger partial charge in [-0.15, -0.1) is 0 Å². The van der Waals surface area contributed by atoms with Crippen LogP contribution in [0.2, 0.25) is 0 Å². The molecule has 0 spiro atoms. The highest BCUT2D eigenvalue weighted by Gasteiger charge is 2.41. The molecule has 3 N–H and O–H groups in total. The highest BCUT2D eigenvalue weighted by molar-refractivity contribution is 6.13.